The lowest BCUT2D eigenvalue weighted by Crippen LogP contribution is -2.47. The third-order valence-electron chi connectivity index (χ3n) is 5.76. The molecule has 0 saturated carbocycles. The molecule has 0 saturated heterocycles. The van der Waals surface area contributed by atoms with Gasteiger partial charge in [0.2, 0.25) is 5.91 Å². The number of hydrogen-bond acceptors (Lipinski definition) is 3. The highest BCUT2D eigenvalue weighted by molar-refractivity contribution is 6.02. The SMILES string of the molecule is CCC(=O)NNC(=O)CN1C(=O)c2ccccc2[C@H]1c1c(C)n(C)c2ccccc12. The van der Waals surface area contributed by atoms with Crippen LogP contribution in [0.15, 0.2) is 48.5 Å². The van der Waals surface area contributed by atoms with Crippen LogP contribution < -0.4 is 10.9 Å². The van der Waals surface area contributed by atoms with Crippen LogP contribution in [0.1, 0.15) is 46.6 Å². The van der Waals surface area contributed by atoms with Crippen LogP contribution in [0, 0.1) is 6.92 Å². The molecule has 7 nitrogen and oxygen atoms in total. The average molecular weight is 404 g/mol. The Morgan fingerprint density at radius 3 is 2.43 bits per heavy atom. The van der Waals surface area contributed by atoms with E-state index in [1.165, 1.54) is 0 Å². The van der Waals surface area contributed by atoms with E-state index in [9.17, 15) is 14.4 Å². The Morgan fingerprint density at radius 1 is 1.00 bits per heavy atom. The fraction of sp³-hybridized carbons (Fsp3) is 0.261. The van der Waals surface area contributed by atoms with Crippen molar-refractivity contribution < 1.29 is 14.4 Å². The monoisotopic (exact) mass is 404 g/mol. The van der Waals surface area contributed by atoms with Crippen LogP contribution in [0.25, 0.3) is 10.9 Å². The molecule has 0 spiro atoms. The minimum atomic E-state index is -0.444. The highest BCUT2D eigenvalue weighted by Gasteiger charge is 2.40. The third kappa shape index (κ3) is 3.12. The molecule has 1 aliphatic rings. The molecule has 1 atom stereocenters. The van der Waals surface area contributed by atoms with Gasteiger partial charge in [-0.2, -0.15) is 0 Å². The second kappa shape index (κ2) is 7.67. The fourth-order valence-corrected chi connectivity index (χ4v) is 4.16. The van der Waals surface area contributed by atoms with E-state index in [0.29, 0.717) is 5.56 Å². The van der Waals surface area contributed by atoms with Gasteiger partial charge in [0.15, 0.2) is 0 Å². The van der Waals surface area contributed by atoms with Crippen LogP contribution in [0.5, 0.6) is 0 Å². The van der Waals surface area contributed by atoms with Crippen molar-refractivity contribution in [3.8, 4) is 0 Å². The number of nitrogens with one attached hydrogen (secondary N) is 2. The molecule has 3 aromatic rings. The summed E-state index contributed by atoms with van der Waals surface area (Å²) in [6.45, 7) is 3.56. The number of fused-ring (bicyclic) bond motifs is 2. The van der Waals surface area contributed by atoms with Gasteiger partial charge in [-0.05, 0) is 24.6 Å². The molecule has 7 heteroatoms. The number of hydrazine groups is 1. The summed E-state index contributed by atoms with van der Waals surface area (Å²) >= 11 is 0. The summed E-state index contributed by atoms with van der Waals surface area (Å²) in [5.41, 5.74) is 9.36. The first-order valence-corrected chi connectivity index (χ1v) is 9.95. The Bertz CT molecular complexity index is 1160. The second-order valence-electron chi connectivity index (χ2n) is 7.45. The summed E-state index contributed by atoms with van der Waals surface area (Å²) in [6, 6.07) is 15.1. The summed E-state index contributed by atoms with van der Waals surface area (Å²) in [6.07, 6.45) is 0.256. The Labute approximate surface area is 174 Å². The largest absolute Gasteiger partial charge is 0.348 e. The van der Waals surface area contributed by atoms with Gasteiger partial charge in [0.1, 0.15) is 6.54 Å². The molecule has 154 valence electrons. The van der Waals surface area contributed by atoms with Crippen molar-refractivity contribution in [3.63, 3.8) is 0 Å². The lowest BCUT2D eigenvalue weighted by Gasteiger charge is -2.26. The quantitative estimate of drug-likeness (QED) is 0.656. The van der Waals surface area contributed by atoms with E-state index >= 15 is 0 Å². The zero-order valence-electron chi connectivity index (χ0n) is 17.2. The number of hydrogen-bond donors (Lipinski definition) is 2. The Hall–Kier alpha value is -3.61. The van der Waals surface area contributed by atoms with Crippen molar-refractivity contribution in [2.75, 3.05) is 6.54 Å². The number of nitrogens with zero attached hydrogens (tertiary/aromatic N) is 2. The first-order valence-electron chi connectivity index (χ1n) is 9.95. The molecule has 2 aromatic carbocycles. The number of aryl methyl sites for hydroxylation is 1. The maximum absolute atomic E-state index is 13.2. The van der Waals surface area contributed by atoms with Crippen molar-refractivity contribution in [3.05, 3.63) is 70.9 Å². The second-order valence-corrected chi connectivity index (χ2v) is 7.45. The van der Waals surface area contributed by atoms with Gasteiger partial charge in [-0.25, -0.2) is 0 Å². The molecule has 0 unspecified atom stereocenters. The summed E-state index contributed by atoms with van der Waals surface area (Å²) in [5.74, 6) is -0.929. The molecular formula is C23H24N4O3. The van der Waals surface area contributed by atoms with Crippen LogP contribution >= 0.6 is 0 Å². The van der Waals surface area contributed by atoms with Crippen molar-refractivity contribution >= 4 is 28.6 Å². The molecule has 30 heavy (non-hydrogen) atoms. The molecule has 2 N–H and O–H groups in total. The maximum atomic E-state index is 13.2. The Morgan fingerprint density at radius 2 is 1.67 bits per heavy atom. The average Bonchev–Trinajstić information content (AvgIpc) is 3.17. The van der Waals surface area contributed by atoms with E-state index in [1.54, 1.807) is 17.9 Å². The van der Waals surface area contributed by atoms with E-state index in [2.05, 4.69) is 15.4 Å². The lowest BCUT2D eigenvalue weighted by atomic mass is 9.95. The predicted octanol–water partition coefficient (Wildman–Crippen LogP) is 2.59. The number of amides is 3. The van der Waals surface area contributed by atoms with Crippen molar-refractivity contribution in [2.24, 2.45) is 7.05 Å². The minimum Gasteiger partial charge on any atom is -0.348 e. The Balaban J connectivity index is 1.78. The van der Waals surface area contributed by atoms with Crippen LogP contribution in [0.4, 0.5) is 0 Å². The van der Waals surface area contributed by atoms with E-state index in [-0.39, 0.29) is 30.8 Å². The van der Waals surface area contributed by atoms with Crippen molar-refractivity contribution in [1.82, 2.24) is 20.3 Å². The summed E-state index contributed by atoms with van der Waals surface area (Å²) in [5, 5.41) is 1.05. The predicted molar refractivity (Wildman–Crippen MR) is 114 cm³/mol. The number of rotatable bonds is 4. The van der Waals surface area contributed by atoms with Crippen molar-refractivity contribution in [2.45, 2.75) is 26.3 Å². The van der Waals surface area contributed by atoms with Crippen LogP contribution in [-0.2, 0) is 16.6 Å². The zero-order valence-corrected chi connectivity index (χ0v) is 17.2. The smallest absolute Gasteiger partial charge is 0.258 e. The number of benzene rings is 2. The van der Waals surface area contributed by atoms with Gasteiger partial charge in [0.05, 0.1) is 6.04 Å². The zero-order chi connectivity index (χ0) is 21.4. The number of carbonyl (C=O) groups is 3. The first-order chi connectivity index (χ1) is 14.4. The van der Waals surface area contributed by atoms with Crippen molar-refractivity contribution in [1.29, 1.82) is 0 Å². The normalized spacial score (nSPS) is 15.4. The number of carbonyl (C=O) groups excluding carboxylic acids is 3. The molecule has 0 radical (unpaired) electrons. The van der Waals surface area contributed by atoms with Gasteiger partial charge in [0, 0.05) is 41.2 Å². The standard InChI is InChI=1S/C23H24N4O3/c1-4-19(28)24-25-20(29)13-27-22(15-9-5-6-10-16(15)23(27)30)21-14(2)26(3)18-12-8-7-11-17(18)21/h5-12,22H,4,13H2,1-3H3,(H,24,28)(H,25,29)/t22-/m0/s1. The number of aromatic nitrogens is 1. The van der Waals surface area contributed by atoms with Gasteiger partial charge in [-0.1, -0.05) is 43.3 Å². The van der Waals surface area contributed by atoms with Crippen LogP contribution in [0.3, 0.4) is 0 Å². The van der Waals surface area contributed by atoms with Gasteiger partial charge in [0.25, 0.3) is 11.8 Å². The lowest BCUT2D eigenvalue weighted by molar-refractivity contribution is -0.129. The Kier molecular flexibility index (Phi) is 5.03. The molecule has 2 heterocycles. The van der Waals surface area contributed by atoms with Crippen LogP contribution in [-0.4, -0.2) is 33.7 Å². The van der Waals surface area contributed by atoms with E-state index in [0.717, 1.165) is 27.7 Å². The molecule has 1 aromatic heterocycles. The summed E-state index contributed by atoms with van der Waals surface area (Å²) in [4.78, 5) is 38.8. The van der Waals surface area contributed by atoms with Crippen LogP contribution in [0.2, 0.25) is 0 Å². The highest BCUT2D eigenvalue weighted by atomic mass is 16.2. The van der Waals surface area contributed by atoms with E-state index < -0.39 is 5.91 Å². The van der Waals surface area contributed by atoms with Gasteiger partial charge in [-0.3, -0.25) is 25.2 Å². The molecular weight excluding hydrogens is 380 g/mol. The van der Waals surface area contributed by atoms with Gasteiger partial charge >= 0.3 is 0 Å². The molecule has 3 amide bonds. The molecule has 0 fully saturated rings. The van der Waals surface area contributed by atoms with E-state index in [1.807, 2.05) is 56.4 Å². The van der Waals surface area contributed by atoms with E-state index in [4.69, 9.17) is 0 Å². The summed E-state index contributed by atoms with van der Waals surface area (Å²) < 4.78 is 2.11. The maximum Gasteiger partial charge on any atom is 0.258 e. The molecule has 0 bridgehead atoms. The third-order valence-corrected chi connectivity index (χ3v) is 5.76. The minimum absolute atomic E-state index is 0.162. The fourth-order valence-electron chi connectivity index (χ4n) is 4.16. The molecule has 1 aliphatic heterocycles. The molecule has 4 rings (SSSR count). The number of para-hydroxylation sites is 1. The topological polar surface area (TPSA) is 83.4 Å². The molecule has 0 aliphatic carbocycles. The highest BCUT2D eigenvalue weighted by Crippen LogP contribution is 2.43. The van der Waals surface area contributed by atoms with Gasteiger partial charge < -0.3 is 9.47 Å². The van der Waals surface area contributed by atoms with Gasteiger partial charge in [-0.15, -0.1) is 0 Å². The summed E-state index contributed by atoms with van der Waals surface area (Å²) in [7, 11) is 2.00. The first kappa shape index (κ1) is 19.7.